The molecule has 1 aromatic carbocycles. The second kappa shape index (κ2) is 3.71. The monoisotopic (exact) mass is 178 g/mol. The van der Waals surface area contributed by atoms with Crippen LogP contribution in [0.1, 0.15) is 19.4 Å². The molecule has 0 aromatic heterocycles. The van der Waals surface area contributed by atoms with E-state index in [0.717, 1.165) is 5.56 Å². The van der Waals surface area contributed by atoms with Gasteiger partial charge in [-0.05, 0) is 19.4 Å². The van der Waals surface area contributed by atoms with E-state index >= 15 is 0 Å². The van der Waals surface area contributed by atoms with Gasteiger partial charge in [-0.2, -0.15) is 0 Å². The third-order valence-electron chi connectivity index (χ3n) is 2.40. The Labute approximate surface area is 78.5 Å². The Kier molecular flexibility index (Phi) is 2.83. The highest BCUT2D eigenvalue weighted by molar-refractivity contribution is 5.85. The van der Waals surface area contributed by atoms with Gasteiger partial charge in [0.1, 0.15) is 5.60 Å². The van der Waals surface area contributed by atoms with Crippen molar-refractivity contribution >= 4 is 5.78 Å². The first-order valence-corrected chi connectivity index (χ1v) is 4.23. The van der Waals surface area contributed by atoms with Crippen molar-refractivity contribution in [1.82, 2.24) is 0 Å². The van der Waals surface area contributed by atoms with Gasteiger partial charge in [0.15, 0.2) is 5.78 Å². The predicted octanol–water partition coefficient (Wildman–Crippen LogP) is 2.14. The molecule has 13 heavy (non-hydrogen) atoms. The van der Waals surface area contributed by atoms with E-state index in [1.165, 1.54) is 6.92 Å². The minimum absolute atomic E-state index is 0.0150. The Balaban J connectivity index is 3.11. The van der Waals surface area contributed by atoms with E-state index in [1.54, 1.807) is 14.0 Å². The van der Waals surface area contributed by atoms with E-state index in [2.05, 4.69) is 0 Å². The van der Waals surface area contributed by atoms with Crippen molar-refractivity contribution in [2.24, 2.45) is 0 Å². The second-order valence-corrected chi connectivity index (χ2v) is 3.16. The number of hydrogen-bond acceptors (Lipinski definition) is 2. The minimum Gasteiger partial charge on any atom is -0.366 e. The molecule has 2 heteroatoms. The van der Waals surface area contributed by atoms with Crippen LogP contribution in [0, 0.1) is 0 Å². The Morgan fingerprint density at radius 3 is 2.23 bits per heavy atom. The molecule has 1 aromatic rings. The van der Waals surface area contributed by atoms with Crippen LogP contribution in [0.2, 0.25) is 0 Å². The highest BCUT2D eigenvalue weighted by Crippen LogP contribution is 2.24. The average molecular weight is 178 g/mol. The molecule has 1 rings (SSSR count). The highest BCUT2D eigenvalue weighted by atomic mass is 16.5. The lowest BCUT2D eigenvalue weighted by atomic mass is 9.92. The summed E-state index contributed by atoms with van der Waals surface area (Å²) >= 11 is 0. The van der Waals surface area contributed by atoms with E-state index < -0.39 is 5.60 Å². The first-order chi connectivity index (χ1) is 6.11. The van der Waals surface area contributed by atoms with E-state index in [9.17, 15) is 4.79 Å². The molecule has 2 nitrogen and oxygen atoms in total. The van der Waals surface area contributed by atoms with Crippen LogP contribution in [0.3, 0.4) is 0 Å². The number of benzene rings is 1. The molecule has 0 heterocycles. The molecule has 0 unspecified atom stereocenters. The number of hydrogen-bond donors (Lipinski definition) is 0. The van der Waals surface area contributed by atoms with Gasteiger partial charge in [0.05, 0.1) is 0 Å². The molecule has 0 bridgehead atoms. The number of ether oxygens (including phenoxy) is 1. The molecule has 1 atom stereocenters. The fraction of sp³-hybridized carbons (Fsp3) is 0.364. The van der Waals surface area contributed by atoms with Gasteiger partial charge in [-0.25, -0.2) is 0 Å². The van der Waals surface area contributed by atoms with E-state index in [1.807, 2.05) is 30.3 Å². The summed E-state index contributed by atoms with van der Waals surface area (Å²) in [6.07, 6.45) is 0. The summed E-state index contributed by atoms with van der Waals surface area (Å²) < 4.78 is 5.24. The molecule has 0 amide bonds. The normalized spacial score (nSPS) is 15.0. The molecular weight excluding hydrogens is 164 g/mol. The summed E-state index contributed by atoms with van der Waals surface area (Å²) in [5.74, 6) is 0.0150. The van der Waals surface area contributed by atoms with Crippen LogP contribution < -0.4 is 0 Å². The average Bonchev–Trinajstić information content (AvgIpc) is 2.17. The molecular formula is C11H14O2. The Bertz CT molecular complexity index is 292. The number of carbonyl (C=O) groups excluding carboxylic acids is 1. The Morgan fingerprint density at radius 1 is 1.31 bits per heavy atom. The smallest absolute Gasteiger partial charge is 0.165 e. The summed E-state index contributed by atoms with van der Waals surface area (Å²) in [6.45, 7) is 3.32. The minimum atomic E-state index is -0.804. The van der Waals surface area contributed by atoms with Crippen molar-refractivity contribution in [3.63, 3.8) is 0 Å². The Hall–Kier alpha value is -1.15. The first-order valence-electron chi connectivity index (χ1n) is 4.23. The summed E-state index contributed by atoms with van der Waals surface area (Å²) in [6, 6.07) is 9.50. The zero-order valence-corrected chi connectivity index (χ0v) is 8.20. The van der Waals surface area contributed by atoms with E-state index in [4.69, 9.17) is 4.74 Å². The van der Waals surface area contributed by atoms with Gasteiger partial charge in [-0.1, -0.05) is 30.3 Å². The van der Waals surface area contributed by atoms with Gasteiger partial charge in [0.2, 0.25) is 0 Å². The molecule has 0 radical (unpaired) electrons. The van der Waals surface area contributed by atoms with Crippen LogP contribution in [0.4, 0.5) is 0 Å². The zero-order valence-electron chi connectivity index (χ0n) is 8.20. The maximum atomic E-state index is 11.4. The van der Waals surface area contributed by atoms with Crippen molar-refractivity contribution < 1.29 is 9.53 Å². The van der Waals surface area contributed by atoms with Crippen LogP contribution in [0.5, 0.6) is 0 Å². The number of Topliss-reactive ketones (excluding diaryl/α,β-unsaturated/α-hetero) is 1. The predicted molar refractivity (Wildman–Crippen MR) is 51.5 cm³/mol. The van der Waals surface area contributed by atoms with Crippen LogP contribution in [0.25, 0.3) is 0 Å². The molecule has 0 fully saturated rings. The maximum absolute atomic E-state index is 11.4. The standard InChI is InChI=1S/C11H14O2/c1-9(12)11(2,13-3)10-7-5-4-6-8-10/h4-8H,1-3H3/t11-/m1/s1. The Morgan fingerprint density at radius 2 is 1.85 bits per heavy atom. The molecule has 0 saturated heterocycles. The topological polar surface area (TPSA) is 26.3 Å². The van der Waals surface area contributed by atoms with Gasteiger partial charge in [0.25, 0.3) is 0 Å². The first kappa shape index (κ1) is 9.93. The largest absolute Gasteiger partial charge is 0.366 e. The van der Waals surface area contributed by atoms with E-state index in [0.29, 0.717) is 0 Å². The fourth-order valence-electron chi connectivity index (χ4n) is 1.22. The molecule has 0 saturated carbocycles. The summed E-state index contributed by atoms with van der Waals surface area (Å²) in [7, 11) is 1.55. The number of rotatable bonds is 3. The van der Waals surface area contributed by atoms with Crippen LogP contribution >= 0.6 is 0 Å². The summed E-state index contributed by atoms with van der Waals surface area (Å²) in [5.41, 5.74) is 0.0892. The van der Waals surface area contributed by atoms with Crippen LogP contribution in [-0.2, 0) is 15.1 Å². The van der Waals surface area contributed by atoms with Gasteiger partial charge in [-0.15, -0.1) is 0 Å². The van der Waals surface area contributed by atoms with Crippen molar-refractivity contribution in [2.45, 2.75) is 19.4 Å². The molecule has 0 spiro atoms. The van der Waals surface area contributed by atoms with Gasteiger partial charge in [-0.3, -0.25) is 4.79 Å². The number of carbonyl (C=O) groups is 1. The van der Waals surface area contributed by atoms with Crippen LogP contribution in [0.15, 0.2) is 30.3 Å². The van der Waals surface area contributed by atoms with E-state index in [-0.39, 0.29) is 5.78 Å². The van der Waals surface area contributed by atoms with Gasteiger partial charge >= 0.3 is 0 Å². The molecule has 0 aliphatic carbocycles. The van der Waals surface area contributed by atoms with Gasteiger partial charge in [0, 0.05) is 7.11 Å². The third-order valence-corrected chi connectivity index (χ3v) is 2.40. The van der Waals surface area contributed by atoms with Crippen molar-refractivity contribution in [3.05, 3.63) is 35.9 Å². The third kappa shape index (κ3) is 1.78. The zero-order chi connectivity index (χ0) is 9.90. The quantitative estimate of drug-likeness (QED) is 0.708. The lowest BCUT2D eigenvalue weighted by molar-refractivity contribution is -0.137. The van der Waals surface area contributed by atoms with Crippen molar-refractivity contribution in [3.8, 4) is 0 Å². The molecule has 70 valence electrons. The summed E-state index contributed by atoms with van der Waals surface area (Å²) in [5, 5.41) is 0. The van der Waals surface area contributed by atoms with Crippen molar-refractivity contribution in [1.29, 1.82) is 0 Å². The maximum Gasteiger partial charge on any atom is 0.165 e. The SMILES string of the molecule is CO[C@](C)(C(C)=O)c1ccccc1. The highest BCUT2D eigenvalue weighted by Gasteiger charge is 2.31. The fourth-order valence-corrected chi connectivity index (χ4v) is 1.22. The van der Waals surface area contributed by atoms with Crippen LogP contribution in [-0.4, -0.2) is 12.9 Å². The lowest BCUT2D eigenvalue weighted by Gasteiger charge is -2.25. The number of ketones is 1. The second-order valence-electron chi connectivity index (χ2n) is 3.16. The molecule has 0 aliphatic heterocycles. The molecule has 0 N–H and O–H groups in total. The summed E-state index contributed by atoms with van der Waals surface area (Å²) in [4.78, 5) is 11.4. The van der Waals surface area contributed by atoms with Crippen molar-refractivity contribution in [2.75, 3.05) is 7.11 Å². The number of methoxy groups -OCH3 is 1. The van der Waals surface area contributed by atoms with Gasteiger partial charge < -0.3 is 4.74 Å². The lowest BCUT2D eigenvalue weighted by Crippen LogP contribution is -2.32. The molecule has 0 aliphatic rings.